The average molecular weight is 577 g/mol. The highest BCUT2D eigenvalue weighted by Crippen LogP contribution is 2.26. The average Bonchev–Trinajstić information content (AvgIpc) is 3.13. The number of carbonyl (C=O) groups excluding carboxylic acids is 1. The summed E-state index contributed by atoms with van der Waals surface area (Å²) >= 11 is 0. The van der Waals surface area contributed by atoms with Gasteiger partial charge in [-0.15, -0.1) is 0 Å². The predicted octanol–water partition coefficient (Wildman–Crippen LogP) is 0.466. The number of amides is 1. The lowest BCUT2D eigenvalue weighted by atomic mass is 10.2. The number of benzene rings is 2. The van der Waals surface area contributed by atoms with E-state index in [1.165, 1.54) is 24.3 Å². The minimum absolute atomic E-state index is 0.0116. The Morgan fingerprint density at radius 3 is 2.22 bits per heavy atom. The number of rotatable bonds is 10. The van der Waals surface area contributed by atoms with Crippen molar-refractivity contribution in [1.82, 2.24) is 0 Å². The zero-order valence-electron chi connectivity index (χ0n) is 18.1. The number of hydrogen-bond acceptors (Lipinski definition) is 12. The Balaban J connectivity index is 1.80. The fourth-order valence-corrected chi connectivity index (χ4v) is 4.89. The number of sulfone groups is 1. The summed E-state index contributed by atoms with van der Waals surface area (Å²) in [4.78, 5) is 23.6. The van der Waals surface area contributed by atoms with Crippen molar-refractivity contribution in [2.45, 2.75) is 15.8 Å². The summed E-state index contributed by atoms with van der Waals surface area (Å²) in [5, 5.41) is 21.1. The van der Waals surface area contributed by atoms with Crippen LogP contribution in [0.3, 0.4) is 0 Å². The van der Waals surface area contributed by atoms with Gasteiger partial charge in [0, 0.05) is 0 Å². The molecule has 0 fully saturated rings. The normalized spacial score (nSPS) is 16.8. The van der Waals surface area contributed by atoms with Crippen molar-refractivity contribution in [1.29, 1.82) is 0 Å². The zero-order chi connectivity index (χ0) is 27.6. The van der Waals surface area contributed by atoms with E-state index in [1.54, 1.807) is 0 Å². The van der Waals surface area contributed by atoms with Crippen LogP contribution < -0.4 is 5.01 Å². The van der Waals surface area contributed by atoms with Crippen LogP contribution >= 0.6 is 0 Å². The second-order valence-corrected chi connectivity index (χ2v) is 11.7. The van der Waals surface area contributed by atoms with Crippen molar-refractivity contribution >= 4 is 59.3 Å². The summed E-state index contributed by atoms with van der Waals surface area (Å²) in [6.07, 6.45) is 0. The molecule has 1 amide bonds. The summed E-state index contributed by atoms with van der Waals surface area (Å²) in [7, 11) is -13.4. The molecule has 37 heavy (non-hydrogen) atoms. The molecule has 0 radical (unpaired) electrons. The van der Waals surface area contributed by atoms with Gasteiger partial charge in [0.25, 0.3) is 16.0 Å². The maximum Gasteiger partial charge on any atom is 0.397 e. The van der Waals surface area contributed by atoms with Gasteiger partial charge in [0.2, 0.25) is 6.04 Å². The Hall–Kier alpha value is -3.62. The van der Waals surface area contributed by atoms with E-state index in [2.05, 4.69) is 19.5 Å². The maximum atomic E-state index is 12.8. The number of azo groups is 1. The van der Waals surface area contributed by atoms with Gasteiger partial charge in [-0.1, -0.05) is 6.07 Å². The molecule has 0 spiro atoms. The van der Waals surface area contributed by atoms with Crippen molar-refractivity contribution in [2.24, 2.45) is 15.3 Å². The second-order valence-electron chi connectivity index (χ2n) is 7.09. The largest absolute Gasteiger partial charge is 0.477 e. The van der Waals surface area contributed by atoms with E-state index in [4.69, 9.17) is 4.55 Å². The number of carboxylic acid groups (broad SMARTS) is 1. The highest BCUT2D eigenvalue weighted by molar-refractivity contribution is 7.91. The molecule has 198 valence electrons. The third-order valence-corrected chi connectivity index (χ3v) is 7.57. The third-order valence-electron chi connectivity index (χ3n) is 4.56. The quantitative estimate of drug-likeness (QED) is 0.258. The van der Waals surface area contributed by atoms with E-state index in [-0.39, 0.29) is 16.3 Å². The Morgan fingerprint density at radius 1 is 1.00 bits per heavy atom. The summed E-state index contributed by atoms with van der Waals surface area (Å²) in [5.74, 6) is -3.37. The summed E-state index contributed by atoms with van der Waals surface area (Å²) in [5.41, 5.74) is -0.884. The predicted molar refractivity (Wildman–Crippen MR) is 123 cm³/mol. The Labute approximate surface area is 209 Å². The van der Waals surface area contributed by atoms with Gasteiger partial charge in [0.15, 0.2) is 15.5 Å². The molecule has 19 heteroatoms. The topological polar surface area (TPSA) is 247 Å². The van der Waals surface area contributed by atoms with Crippen LogP contribution in [0.1, 0.15) is 0 Å². The first kappa shape index (κ1) is 28.0. The Morgan fingerprint density at radius 2 is 1.65 bits per heavy atom. The van der Waals surface area contributed by atoms with Crippen molar-refractivity contribution in [3.63, 3.8) is 0 Å². The van der Waals surface area contributed by atoms with Gasteiger partial charge in [0.05, 0.1) is 33.5 Å². The zero-order valence-corrected chi connectivity index (χ0v) is 20.6. The minimum Gasteiger partial charge on any atom is -0.477 e. The molecule has 1 unspecified atom stereocenters. The van der Waals surface area contributed by atoms with Crippen molar-refractivity contribution in [3.05, 3.63) is 48.5 Å². The van der Waals surface area contributed by atoms with Crippen LogP contribution in [0.15, 0.2) is 73.7 Å². The minimum atomic E-state index is -4.81. The smallest absolute Gasteiger partial charge is 0.397 e. The lowest BCUT2D eigenvalue weighted by molar-refractivity contribution is -0.130. The SMILES string of the molecule is O=C(O)C1=NN(c2cccc(S(=O)(=O)O)c2)C(=O)C1N=Nc1ccc(S(=O)(=O)CCOS(=O)(=O)O)cc1. The van der Waals surface area contributed by atoms with Gasteiger partial charge < -0.3 is 5.11 Å². The molecule has 0 saturated carbocycles. The number of aliphatic carboxylic acids is 1. The monoisotopic (exact) mass is 576 g/mol. The molecular formula is C18H16N4O12S3. The van der Waals surface area contributed by atoms with E-state index in [0.29, 0.717) is 5.01 Å². The number of hydrazone groups is 1. The molecule has 3 N–H and O–H groups in total. The van der Waals surface area contributed by atoms with Gasteiger partial charge in [0.1, 0.15) is 0 Å². The third kappa shape index (κ3) is 6.99. The molecule has 1 heterocycles. The Bertz CT molecular complexity index is 1620. The van der Waals surface area contributed by atoms with Gasteiger partial charge in [-0.25, -0.2) is 17.4 Å². The van der Waals surface area contributed by atoms with Crippen LogP contribution in [-0.4, -0.2) is 75.5 Å². The molecule has 1 aliphatic rings. The van der Waals surface area contributed by atoms with Gasteiger partial charge in [-0.05, 0) is 42.5 Å². The van der Waals surface area contributed by atoms with Crippen LogP contribution in [-0.2, 0) is 44.1 Å². The molecule has 0 aliphatic carbocycles. The summed E-state index contributed by atoms with van der Waals surface area (Å²) in [6, 6.07) is 7.18. The lowest BCUT2D eigenvalue weighted by Crippen LogP contribution is -2.33. The fourth-order valence-electron chi connectivity index (χ4n) is 2.88. The molecule has 0 bridgehead atoms. The molecular weight excluding hydrogens is 560 g/mol. The van der Waals surface area contributed by atoms with E-state index < -0.39 is 71.2 Å². The first-order chi connectivity index (χ1) is 17.1. The molecule has 1 atom stereocenters. The van der Waals surface area contributed by atoms with E-state index >= 15 is 0 Å². The standard InChI is InChI=1S/C18H16N4O12S3/c23-17-15(16(18(24)25)21-22(17)12-2-1-3-14(10-12)36(28,29)30)20-19-11-4-6-13(7-5-11)35(26,27)9-8-34-37(31,32)33/h1-7,10,15H,8-9H2,(H,24,25)(H,28,29,30)(H,31,32,33). The lowest BCUT2D eigenvalue weighted by Gasteiger charge is -2.12. The van der Waals surface area contributed by atoms with Crippen LogP contribution in [0.4, 0.5) is 11.4 Å². The number of hydrogen-bond donors (Lipinski definition) is 3. The van der Waals surface area contributed by atoms with E-state index in [1.807, 2.05) is 0 Å². The van der Waals surface area contributed by atoms with Crippen LogP contribution in [0.5, 0.6) is 0 Å². The van der Waals surface area contributed by atoms with Gasteiger partial charge >= 0.3 is 16.4 Å². The van der Waals surface area contributed by atoms with Gasteiger partial charge in [-0.2, -0.15) is 37.2 Å². The van der Waals surface area contributed by atoms with E-state index in [9.17, 15) is 44.5 Å². The maximum absolute atomic E-state index is 12.8. The molecule has 16 nitrogen and oxygen atoms in total. The molecule has 3 rings (SSSR count). The highest BCUT2D eigenvalue weighted by atomic mass is 32.3. The van der Waals surface area contributed by atoms with Crippen LogP contribution in [0, 0.1) is 0 Å². The van der Waals surface area contributed by atoms with Crippen molar-refractivity contribution in [2.75, 3.05) is 17.4 Å². The molecule has 2 aromatic carbocycles. The number of nitrogens with zero attached hydrogens (tertiary/aromatic N) is 4. The van der Waals surface area contributed by atoms with Crippen LogP contribution in [0.25, 0.3) is 0 Å². The summed E-state index contributed by atoms with van der Waals surface area (Å²) in [6.45, 7) is -0.826. The Kier molecular flexibility index (Phi) is 7.86. The molecule has 0 saturated heterocycles. The number of carboxylic acids is 1. The fraction of sp³-hybridized carbons (Fsp3) is 0.167. The van der Waals surface area contributed by atoms with Crippen LogP contribution in [0.2, 0.25) is 0 Å². The van der Waals surface area contributed by atoms with Crippen molar-refractivity contribution < 1.29 is 53.2 Å². The first-order valence-electron chi connectivity index (χ1n) is 9.67. The summed E-state index contributed by atoms with van der Waals surface area (Å²) < 4.78 is 89.9. The second kappa shape index (κ2) is 10.4. The molecule has 1 aliphatic heterocycles. The molecule has 2 aromatic rings. The highest BCUT2D eigenvalue weighted by Gasteiger charge is 2.41. The van der Waals surface area contributed by atoms with E-state index in [0.717, 1.165) is 24.3 Å². The number of anilines is 1. The van der Waals surface area contributed by atoms with Gasteiger partial charge in [-0.3, -0.25) is 13.9 Å². The first-order valence-corrected chi connectivity index (χ1v) is 14.1. The number of carbonyl (C=O) groups is 2. The molecule has 0 aromatic heterocycles. The van der Waals surface area contributed by atoms with Crippen molar-refractivity contribution in [3.8, 4) is 0 Å².